The number of hydrogen-bond donors (Lipinski definition) is 4. The molecular weight excluding hydrogens is 571 g/mol. The maximum absolute atomic E-state index is 14.6. The lowest BCUT2D eigenvalue weighted by Crippen LogP contribution is -2.58. The van der Waals surface area contributed by atoms with E-state index in [1.165, 1.54) is 24.4 Å². The average Bonchev–Trinajstić information content (AvgIpc) is 3.31. The maximum atomic E-state index is 14.6. The molecule has 10 nitrogen and oxygen atoms in total. The molecular formula is C28H40F3N5O5Si. The number of hydrogen-bond acceptors (Lipinski definition) is 8. The zero-order valence-electron chi connectivity index (χ0n) is 24.7. The van der Waals surface area contributed by atoms with E-state index in [9.17, 15) is 22.8 Å². The van der Waals surface area contributed by atoms with Gasteiger partial charge in [-0.25, -0.2) is 14.6 Å². The van der Waals surface area contributed by atoms with Crippen molar-refractivity contribution in [2.75, 3.05) is 31.5 Å². The van der Waals surface area contributed by atoms with Gasteiger partial charge in [0, 0.05) is 44.5 Å². The van der Waals surface area contributed by atoms with Gasteiger partial charge in [-0.2, -0.15) is 13.2 Å². The van der Waals surface area contributed by atoms with Crippen molar-refractivity contribution in [1.29, 1.82) is 5.41 Å². The molecule has 2 rings (SSSR count). The van der Waals surface area contributed by atoms with Crippen LogP contribution in [0.3, 0.4) is 0 Å². The second kappa shape index (κ2) is 15.0. The quantitative estimate of drug-likeness (QED) is 0.0556. The molecule has 1 amide bonds. The van der Waals surface area contributed by atoms with E-state index in [1.807, 2.05) is 0 Å². The van der Waals surface area contributed by atoms with Crippen LogP contribution < -0.4 is 10.6 Å². The van der Waals surface area contributed by atoms with Crippen molar-refractivity contribution < 1.29 is 37.0 Å². The molecule has 0 spiro atoms. The number of nitrogens with zero attached hydrogens (tertiary/aromatic N) is 1. The number of ether oxygens (including phenoxy) is 3. The molecule has 0 saturated heterocycles. The smallest absolute Gasteiger partial charge is 0.422 e. The van der Waals surface area contributed by atoms with E-state index in [4.69, 9.17) is 10.1 Å². The minimum Gasteiger partial charge on any atom is -0.467 e. The first kappa shape index (κ1) is 34.5. The third-order valence-electron chi connectivity index (χ3n) is 6.36. The fourth-order valence-electron chi connectivity index (χ4n) is 4.04. The van der Waals surface area contributed by atoms with E-state index >= 15 is 0 Å². The Hall–Kier alpha value is -3.65. The molecule has 0 fully saturated rings. The molecule has 14 heteroatoms. The van der Waals surface area contributed by atoms with Crippen molar-refractivity contribution in [3.05, 3.63) is 42.4 Å². The molecule has 1 heterocycles. The summed E-state index contributed by atoms with van der Waals surface area (Å²) in [4.78, 5) is 32.5. The number of halogens is 3. The molecule has 0 aliphatic carbocycles. The number of aryl methyl sites for hydroxylation is 1. The Labute approximate surface area is 244 Å². The molecule has 2 aromatic rings. The number of aromatic nitrogens is 2. The Morgan fingerprint density at radius 2 is 1.90 bits per heavy atom. The normalized spacial score (nSPS) is 13.1. The number of imidazole rings is 1. The van der Waals surface area contributed by atoms with Gasteiger partial charge < -0.3 is 29.9 Å². The fraction of sp³-hybridized carbons (Fsp3) is 0.500. The first-order valence-corrected chi connectivity index (χ1v) is 17.1. The molecule has 0 radical (unpaired) electrons. The van der Waals surface area contributed by atoms with E-state index in [0.717, 1.165) is 26.3 Å². The fourth-order valence-corrected chi connectivity index (χ4v) is 4.80. The highest BCUT2D eigenvalue weighted by Crippen LogP contribution is 2.41. The van der Waals surface area contributed by atoms with Crippen LogP contribution in [0, 0.1) is 5.41 Å². The Morgan fingerprint density at radius 3 is 2.48 bits per heavy atom. The van der Waals surface area contributed by atoms with Crippen molar-refractivity contribution in [1.82, 2.24) is 9.97 Å². The highest BCUT2D eigenvalue weighted by molar-refractivity contribution is 6.76. The molecule has 0 unspecified atom stereocenters. The minimum absolute atomic E-state index is 0.113. The summed E-state index contributed by atoms with van der Waals surface area (Å²) in [6.07, 6.45) is -2.83. The monoisotopic (exact) mass is 611 g/mol. The number of anilines is 2. The van der Waals surface area contributed by atoms with Gasteiger partial charge in [-0.05, 0) is 43.3 Å². The van der Waals surface area contributed by atoms with Crippen molar-refractivity contribution in [3.8, 4) is 11.3 Å². The molecule has 0 bridgehead atoms. The number of H-pyrrole nitrogens is 1. The highest BCUT2D eigenvalue weighted by atomic mass is 28.3. The molecule has 1 atom stereocenters. The summed E-state index contributed by atoms with van der Waals surface area (Å²) in [7, 11) is 0.645. The van der Waals surface area contributed by atoms with Crippen LogP contribution in [0.25, 0.3) is 11.3 Å². The van der Waals surface area contributed by atoms with Crippen LogP contribution in [0.15, 0.2) is 30.9 Å². The van der Waals surface area contributed by atoms with Crippen molar-refractivity contribution in [2.24, 2.45) is 0 Å². The Kier molecular flexibility index (Phi) is 12.3. The van der Waals surface area contributed by atoms with Gasteiger partial charge in [0.05, 0.1) is 32.2 Å². The number of unbranched alkanes of at least 4 members (excludes halogenated alkanes) is 1. The average molecular weight is 612 g/mol. The number of carbonyl (C=O) groups excluding carboxylic acids is 2. The van der Waals surface area contributed by atoms with Crippen LogP contribution in [0.2, 0.25) is 25.7 Å². The molecule has 0 saturated carbocycles. The van der Waals surface area contributed by atoms with Crippen LogP contribution in [0.5, 0.6) is 0 Å². The predicted molar refractivity (Wildman–Crippen MR) is 159 cm³/mol. The number of nitrogens with one attached hydrogen (secondary N) is 4. The summed E-state index contributed by atoms with van der Waals surface area (Å²) >= 11 is 0. The summed E-state index contributed by atoms with van der Waals surface area (Å²) in [6, 6.07) is 5.15. The molecule has 0 aliphatic rings. The highest BCUT2D eigenvalue weighted by Gasteiger charge is 2.61. The first-order valence-electron chi connectivity index (χ1n) is 13.4. The third-order valence-corrected chi connectivity index (χ3v) is 8.06. The molecule has 1 aromatic carbocycles. The van der Waals surface area contributed by atoms with Crippen LogP contribution in [0.4, 0.5) is 29.3 Å². The summed E-state index contributed by atoms with van der Waals surface area (Å²) in [5.41, 5.74) is -2.13. The predicted octanol–water partition coefficient (Wildman–Crippen LogP) is 6.54. The standard InChI is InChI=1S/C28H40F3N5O5Si/c1-7-13-27(25(37)39-2,28(29,30)31)36-21-17-19(33-26(38)40-3)11-12-20(21)24-22(18-41-15-16-42(4,5)6)34-23(35-24)10-8-9-14-32/h7,11-12,14,17,32,36H,1,8-10,13,15-16,18H2,2-6H3,(H,33,38)(H,34,35)/t27-/m0/s1. The number of carbonyl (C=O) groups is 2. The number of alkyl halides is 3. The number of rotatable bonds is 16. The number of benzene rings is 1. The van der Waals surface area contributed by atoms with Gasteiger partial charge in [-0.15, -0.1) is 6.58 Å². The zero-order valence-corrected chi connectivity index (χ0v) is 25.7. The second-order valence-corrected chi connectivity index (χ2v) is 16.5. The minimum atomic E-state index is -5.09. The van der Waals surface area contributed by atoms with Gasteiger partial charge in [0.2, 0.25) is 5.54 Å². The molecule has 42 heavy (non-hydrogen) atoms. The summed E-state index contributed by atoms with van der Waals surface area (Å²) in [6.45, 7) is 10.7. The third kappa shape index (κ3) is 9.18. The summed E-state index contributed by atoms with van der Waals surface area (Å²) < 4.78 is 58.9. The lowest BCUT2D eigenvalue weighted by molar-refractivity contribution is -0.198. The zero-order chi connectivity index (χ0) is 31.6. The van der Waals surface area contributed by atoms with Gasteiger partial charge in [0.15, 0.2) is 0 Å². The maximum Gasteiger partial charge on any atom is 0.422 e. The first-order chi connectivity index (χ1) is 19.7. The van der Waals surface area contributed by atoms with Gasteiger partial charge in [0.25, 0.3) is 0 Å². The molecule has 232 valence electrons. The van der Waals surface area contributed by atoms with Gasteiger partial charge in [0.1, 0.15) is 5.82 Å². The Morgan fingerprint density at radius 1 is 1.19 bits per heavy atom. The molecule has 1 aromatic heterocycles. The number of amides is 1. The lowest BCUT2D eigenvalue weighted by Gasteiger charge is -2.34. The van der Waals surface area contributed by atoms with E-state index in [0.29, 0.717) is 43.1 Å². The lowest BCUT2D eigenvalue weighted by atomic mass is 9.92. The Balaban J connectivity index is 2.70. The van der Waals surface area contributed by atoms with E-state index in [1.54, 1.807) is 0 Å². The van der Waals surface area contributed by atoms with Crippen LogP contribution >= 0.6 is 0 Å². The largest absolute Gasteiger partial charge is 0.467 e. The Bertz CT molecular complexity index is 1250. The van der Waals surface area contributed by atoms with E-state index in [-0.39, 0.29) is 23.5 Å². The van der Waals surface area contributed by atoms with Crippen LogP contribution in [-0.2, 0) is 32.0 Å². The summed E-state index contributed by atoms with van der Waals surface area (Å²) in [5, 5.41) is 12.1. The number of esters is 1. The van der Waals surface area contributed by atoms with Crippen molar-refractivity contribution >= 4 is 37.7 Å². The van der Waals surface area contributed by atoms with E-state index < -0.39 is 38.3 Å². The van der Waals surface area contributed by atoms with Gasteiger partial charge >= 0.3 is 18.2 Å². The van der Waals surface area contributed by atoms with E-state index in [2.05, 4.69) is 56.3 Å². The van der Waals surface area contributed by atoms with Crippen molar-refractivity contribution in [3.63, 3.8) is 0 Å². The topological polar surface area (TPSA) is 138 Å². The van der Waals surface area contributed by atoms with Crippen molar-refractivity contribution in [2.45, 2.75) is 69.7 Å². The van der Waals surface area contributed by atoms with Crippen LogP contribution in [-0.4, -0.2) is 68.9 Å². The van der Waals surface area contributed by atoms with Gasteiger partial charge in [-0.1, -0.05) is 25.7 Å². The number of methoxy groups -OCH3 is 2. The second-order valence-electron chi connectivity index (χ2n) is 10.9. The van der Waals surface area contributed by atoms with Gasteiger partial charge in [-0.3, -0.25) is 5.32 Å². The molecule has 0 aliphatic heterocycles. The summed E-state index contributed by atoms with van der Waals surface area (Å²) in [5.74, 6) is -0.990. The van der Waals surface area contributed by atoms with Crippen LogP contribution in [0.1, 0.15) is 30.8 Å². The molecule has 4 N–H and O–H groups in total. The number of aromatic amines is 1. The SMILES string of the molecule is C=CC[C@](Nc1cc(NC(=O)OC)ccc1-c1nc(CCCC=N)[nH]c1COCC[Si](C)(C)C)(C(=O)OC)C(F)(F)F.